The second-order valence-electron chi connectivity index (χ2n) is 4.52. The largest absolute Gasteiger partial charge is 0.591 e. The highest BCUT2D eigenvalue weighted by molar-refractivity contribution is 7.91. The van der Waals surface area contributed by atoms with Gasteiger partial charge in [-0.15, -0.1) is 0 Å². The van der Waals surface area contributed by atoms with Crippen molar-refractivity contribution in [3.05, 3.63) is 35.6 Å². The van der Waals surface area contributed by atoms with Crippen LogP contribution in [0.4, 0.5) is 4.39 Å². The Morgan fingerprint density at radius 3 is 2.38 bits per heavy atom. The Morgan fingerprint density at radius 2 is 1.88 bits per heavy atom. The molecule has 0 aliphatic rings. The predicted molar refractivity (Wildman–Crippen MR) is 66.5 cm³/mol. The number of nitrogens with zero attached hydrogens (tertiary/aromatic N) is 1. The van der Waals surface area contributed by atoms with E-state index in [0.29, 0.717) is 11.3 Å². The SMILES string of the molecule is C/C(=N\[S@+]([O-])C(C)(C)C)c1ccccc1F. The van der Waals surface area contributed by atoms with Crippen molar-refractivity contribution in [2.24, 2.45) is 4.40 Å². The molecule has 0 heterocycles. The summed E-state index contributed by atoms with van der Waals surface area (Å²) < 4.78 is 28.8. The Bertz CT molecular complexity index is 398. The number of halogens is 1. The summed E-state index contributed by atoms with van der Waals surface area (Å²) in [5, 5.41) is 0. The van der Waals surface area contributed by atoms with E-state index in [2.05, 4.69) is 4.40 Å². The minimum Gasteiger partial charge on any atom is -0.591 e. The average Bonchev–Trinajstić information content (AvgIpc) is 2.16. The van der Waals surface area contributed by atoms with Crippen LogP contribution in [0.3, 0.4) is 0 Å². The smallest absolute Gasteiger partial charge is 0.144 e. The number of hydrogen-bond acceptors (Lipinski definition) is 2. The van der Waals surface area contributed by atoms with Crippen molar-refractivity contribution in [2.75, 3.05) is 0 Å². The van der Waals surface area contributed by atoms with Gasteiger partial charge in [-0.05, 0) is 33.8 Å². The van der Waals surface area contributed by atoms with E-state index in [1.54, 1.807) is 25.1 Å². The first kappa shape index (κ1) is 13.2. The molecular weight excluding hydrogens is 225 g/mol. The van der Waals surface area contributed by atoms with Crippen LogP contribution in [0.15, 0.2) is 28.7 Å². The van der Waals surface area contributed by atoms with Crippen LogP contribution in [0.25, 0.3) is 0 Å². The first-order valence-electron chi connectivity index (χ1n) is 5.04. The summed E-state index contributed by atoms with van der Waals surface area (Å²) in [4.78, 5) is 0. The Labute approximate surface area is 98.9 Å². The van der Waals surface area contributed by atoms with Crippen LogP contribution < -0.4 is 0 Å². The van der Waals surface area contributed by atoms with Gasteiger partial charge in [-0.1, -0.05) is 22.6 Å². The minimum atomic E-state index is -1.35. The highest BCUT2D eigenvalue weighted by Gasteiger charge is 2.27. The molecule has 0 aliphatic carbocycles. The Hall–Kier alpha value is -0.870. The Balaban J connectivity index is 2.99. The molecule has 1 aromatic rings. The molecule has 4 heteroatoms. The van der Waals surface area contributed by atoms with E-state index in [9.17, 15) is 8.94 Å². The van der Waals surface area contributed by atoms with Crippen molar-refractivity contribution in [1.82, 2.24) is 0 Å². The molecule has 0 N–H and O–H groups in total. The lowest BCUT2D eigenvalue weighted by molar-refractivity contribution is 0.561. The van der Waals surface area contributed by atoms with E-state index in [-0.39, 0.29) is 5.82 Å². The number of hydrogen-bond donors (Lipinski definition) is 0. The number of rotatable bonds is 2. The standard InChI is InChI=1S/C12H16FNOS/c1-9(14-16(15)12(2,3)4)10-7-5-6-8-11(10)13/h5-8H,1-4H3/b14-9+/t16-/m1/s1. The monoisotopic (exact) mass is 241 g/mol. The Kier molecular flexibility index (Phi) is 4.10. The second-order valence-corrected chi connectivity index (χ2v) is 6.42. The summed E-state index contributed by atoms with van der Waals surface area (Å²) in [7, 11) is 0. The van der Waals surface area contributed by atoms with E-state index >= 15 is 0 Å². The lowest BCUT2D eigenvalue weighted by Crippen LogP contribution is -2.26. The maximum atomic E-state index is 13.4. The fourth-order valence-electron chi connectivity index (χ4n) is 1.07. The zero-order valence-electron chi connectivity index (χ0n) is 9.95. The van der Waals surface area contributed by atoms with E-state index in [1.165, 1.54) is 6.07 Å². The first-order valence-corrected chi connectivity index (χ1v) is 6.15. The molecular formula is C12H16FNOS. The molecule has 0 aromatic heterocycles. The summed E-state index contributed by atoms with van der Waals surface area (Å²) in [5.41, 5.74) is 0.867. The molecule has 0 aliphatic heterocycles. The van der Waals surface area contributed by atoms with Crippen LogP contribution in [-0.4, -0.2) is 15.0 Å². The van der Waals surface area contributed by atoms with Gasteiger partial charge in [0.25, 0.3) is 0 Å². The van der Waals surface area contributed by atoms with Gasteiger partial charge in [0.1, 0.15) is 21.9 Å². The van der Waals surface area contributed by atoms with E-state index in [1.807, 2.05) is 20.8 Å². The quantitative estimate of drug-likeness (QED) is 0.579. The topological polar surface area (TPSA) is 35.4 Å². The van der Waals surface area contributed by atoms with Gasteiger partial charge in [0, 0.05) is 5.56 Å². The molecule has 0 saturated heterocycles. The van der Waals surface area contributed by atoms with Gasteiger partial charge in [-0.3, -0.25) is 0 Å². The van der Waals surface area contributed by atoms with Crippen LogP contribution >= 0.6 is 0 Å². The van der Waals surface area contributed by atoms with Gasteiger partial charge in [-0.2, -0.15) is 0 Å². The molecule has 0 fully saturated rings. The molecule has 1 aromatic carbocycles. The highest BCUT2D eigenvalue weighted by Crippen LogP contribution is 2.19. The predicted octanol–water partition coefficient (Wildman–Crippen LogP) is 3.10. The Morgan fingerprint density at radius 1 is 1.31 bits per heavy atom. The summed E-state index contributed by atoms with van der Waals surface area (Å²) in [5.74, 6) is -0.338. The van der Waals surface area contributed by atoms with Gasteiger partial charge in [0.05, 0.1) is 5.71 Å². The van der Waals surface area contributed by atoms with Crippen LogP contribution in [0.2, 0.25) is 0 Å². The highest BCUT2D eigenvalue weighted by atomic mass is 32.2. The van der Waals surface area contributed by atoms with Crippen molar-refractivity contribution in [3.8, 4) is 0 Å². The third kappa shape index (κ3) is 3.32. The maximum absolute atomic E-state index is 13.4. The molecule has 2 nitrogen and oxygen atoms in total. The second kappa shape index (κ2) is 4.97. The molecule has 0 radical (unpaired) electrons. The fourth-order valence-corrected chi connectivity index (χ4v) is 1.69. The average molecular weight is 241 g/mol. The van der Waals surface area contributed by atoms with E-state index in [0.717, 1.165) is 0 Å². The molecule has 0 unspecified atom stereocenters. The van der Waals surface area contributed by atoms with Crippen molar-refractivity contribution in [3.63, 3.8) is 0 Å². The third-order valence-electron chi connectivity index (χ3n) is 2.01. The van der Waals surface area contributed by atoms with Crippen molar-refractivity contribution in [1.29, 1.82) is 0 Å². The van der Waals surface area contributed by atoms with Crippen LogP contribution in [-0.2, 0) is 11.4 Å². The minimum absolute atomic E-state index is 0.338. The maximum Gasteiger partial charge on any atom is 0.144 e. The molecule has 0 saturated carbocycles. The first-order chi connectivity index (χ1) is 7.32. The van der Waals surface area contributed by atoms with Gasteiger partial charge in [0.15, 0.2) is 0 Å². The molecule has 0 amide bonds. The van der Waals surface area contributed by atoms with Gasteiger partial charge in [-0.25, -0.2) is 4.39 Å². The summed E-state index contributed by atoms with van der Waals surface area (Å²) in [6.45, 7) is 7.17. The van der Waals surface area contributed by atoms with Crippen LogP contribution in [0, 0.1) is 5.82 Å². The van der Waals surface area contributed by atoms with Crippen LogP contribution in [0.5, 0.6) is 0 Å². The molecule has 0 bridgehead atoms. The molecule has 1 rings (SSSR count). The van der Waals surface area contributed by atoms with Crippen molar-refractivity contribution in [2.45, 2.75) is 32.4 Å². The lowest BCUT2D eigenvalue weighted by Gasteiger charge is -2.18. The summed E-state index contributed by atoms with van der Waals surface area (Å²) in [6, 6.07) is 6.35. The van der Waals surface area contributed by atoms with Gasteiger partial charge in [0.2, 0.25) is 0 Å². The zero-order valence-corrected chi connectivity index (χ0v) is 10.8. The zero-order chi connectivity index (χ0) is 12.3. The lowest BCUT2D eigenvalue weighted by atomic mass is 10.1. The third-order valence-corrected chi connectivity index (χ3v) is 3.49. The molecule has 1 atom stereocenters. The van der Waals surface area contributed by atoms with Crippen molar-refractivity contribution < 1.29 is 8.94 Å². The van der Waals surface area contributed by atoms with Gasteiger partial charge >= 0.3 is 0 Å². The van der Waals surface area contributed by atoms with Crippen molar-refractivity contribution >= 4 is 17.1 Å². The molecule has 16 heavy (non-hydrogen) atoms. The van der Waals surface area contributed by atoms with Crippen LogP contribution in [0.1, 0.15) is 33.3 Å². The van der Waals surface area contributed by atoms with E-state index in [4.69, 9.17) is 0 Å². The van der Waals surface area contributed by atoms with E-state index < -0.39 is 16.1 Å². The molecule has 0 spiro atoms. The normalized spacial score (nSPS) is 15.0. The fraction of sp³-hybridized carbons (Fsp3) is 0.417. The summed E-state index contributed by atoms with van der Waals surface area (Å²) in [6.07, 6.45) is 0. The molecule has 88 valence electrons. The van der Waals surface area contributed by atoms with Gasteiger partial charge < -0.3 is 4.55 Å². The number of benzene rings is 1. The summed E-state index contributed by atoms with van der Waals surface area (Å²) >= 11 is -1.35.